The minimum absolute atomic E-state index is 0.185. The van der Waals surface area contributed by atoms with E-state index in [0.29, 0.717) is 0 Å². The number of ketones is 2. The maximum absolute atomic E-state index is 11.6. The van der Waals surface area contributed by atoms with Crippen molar-refractivity contribution in [3.63, 3.8) is 0 Å². The van der Waals surface area contributed by atoms with Gasteiger partial charge in [-0.15, -0.1) is 0 Å². The van der Waals surface area contributed by atoms with Gasteiger partial charge in [0.2, 0.25) is 0 Å². The lowest BCUT2D eigenvalue weighted by atomic mass is 10.0. The van der Waals surface area contributed by atoms with Crippen molar-refractivity contribution < 1.29 is 35.5 Å². The molecule has 0 heterocycles. The largest absolute Gasteiger partial charge is 0.295 e. The Balaban J connectivity index is 3.20. The summed E-state index contributed by atoms with van der Waals surface area (Å²) >= 11 is 0. The molecular weight excluding hydrogens is 360 g/mol. The molecule has 0 radical (unpaired) electrons. The summed E-state index contributed by atoms with van der Waals surface area (Å²) in [5, 5.41) is -0.606. The van der Waals surface area contributed by atoms with Gasteiger partial charge in [0.05, 0.1) is 0 Å². The van der Waals surface area contributed by atoms with Crippen molar-refractivity contribution in [2.45, 2.75) is 23.6 Å². The quantitative estimate of drug-likeness (QED) is 0.610. The third-order valence-corrected chi connectivity index (χ3v) is 5.15. The molecule has 2 aromatic carbocycles. The summed E-state index contributed by atoms with van der Waals surface area (Å²) in [5.41, 5.74) is -0.369. The molecule has 24 heavy (non-hydrogen) atoms. The first-order valence-corrected chi connectivity index (χ1v) is 9.29. The first kappa shape index (κ1) is 18.2. The summed E-state index contributed by atoms with van der Waals surface area (Å²) in [6.45, 7) is 2.23. The molecule has 0 saturated carbocycles. The van der Waals surface area contributed by atoms with Crippen LogP contribution in [0.25, 0.3) is 10.8 Å². The highest BCUT2D eigenvalue weighted by atomic mass is 32.2. The zero-order valence-corrected chi connectivity index (χ0v) is 14.1. The molecule has 10 heteroatoms. The molecule has 0 spiro atoms. The van der Waals surface area contributed by atoms with Crippen LogP contribution in [0.5, 0.6) is 0 Å². The average molecular weight is 372 g/mol. The predicted molar refractivity (Wildman–Crippen MR) is 83.6 cm³/mol. The zero-order chi connectivity index (χ0) is 18.4. The fraction of sp³-hybridized carbons (Fsp3) is 0.143. The SMILES string of the molecule is CC(=O)c1cc(S(=O)(=O)O)c2cc(C(C)=O)cc(S(=O)(=O)O)c2c1. The van der Waals surface area contributed by atoms with Gasteiger partial charge in [-0.25, -0.2) is 0 Å². The monoisotopic (exact) mass is 372 g/mol. The van der Waals surface area contributed by atoms with E-state index >= 15 is 0 Å². The van der Waals surface area contributed by atoms with E-state index in [1.165, 1.54) is 0 Å². The number of fused-ring (bicyclic) bond motifs is 1. The standard InChI is InChI=1S/C14H12O8S2/c1-7(15)9-3-11-12(13(5-9)23(17,18)19)4-10(8(2)16)6-14(11)24(20,21)22/h3-6H,1-2H3,(H,17,18,19)(H,20,21,22). The van der Waals surface area contributed by atoms with Crippen molar-refractivity contribution in [3.05, 3.63) is 35.4 Å². The van der Waals surface area contributed by atoms with E-state index in [0.717, 1.165) is 38.1 Å². The highest BCUT2D eigenvalue weighted by Gasteiger charge is 2.24. The molecule has 0 amide bonds. The second kappa shape index (κ2) is 5.74. The minimum Gasteiger partial charge on any atom is -0.295 e. The van der Waals surface area contributed by atoms with Gasteiger partial charge in [-0.2, -0.15) is 16.8 Å². The number of carbonyl (C=O) groups excluding carboxylic acids is 2. The Kier molecular flexibility index (Phi) is 4.35. The average Bonchev–Trinajstić information content (AvgIpc) is 2.42. The van der Waals surface area contributed by atoms with Gasteiger partial charge < -0.3 is 0 Å². The number of Topliss-reactive ketones (excluding diaryl/α,β-unsaturated/α-hetero) is 2. The third kappa shape index (κ3) is 3.36. The smallest absolute Gasteiger partial charge is 0.295 e. The van der Waals surface area contributed by atoms with Gasteiger partial charge in [0.15, 0.2) is 11.6 Å². The highest BCUT2D eigenvalue weighted by molar-refractivity contribution is 7.86. The summed E-state index contributed by atoms with van der Waals surface area (Å²) in [5.74, 6) is -1.17. The molecule has 2 rings (SSSR count). The lowest BCUT2D eigenvalue weighted by Crippen LogP contribution is -2.07. The molecule has 0 fully saturated rings. The van der Waals surface area contributed by atoms with Crippen LogP contribution in [0, 0.1) is 0 Å². The van der Waals surface area contributed by atoms with Crippen molar-refractivity contribution in [1.82, 2.24) is 0 Å². The second-order valence-corrected chi connectivity index (χ2v) is 7.89. The summed E-state index contributed by atoms with van der Waals surface area (Å²) < 4.78 is 65.2. The first-order chi connectivity index (χ1) is 10.8. The van der Waals surface area contributed by atoms with E-state index in [1.807, 2.05) is 0 Å². The molecule has 0 unspecified atom stereocenters. The molecule has 0 aliphatic carbocycles. The zero-order valence-electron chi connectivity index (χ0n) is 12.5. The summed E-state index contributed by atoms with van der Waals surface area (Å²) in [4.78, 5) is 21.6. The Morgan fingerprint density at radius 3 is 1.21 bits per heavy atom. The van der Waals surface area contributed by atoms with Crippen molar-refractivity contribution in [2.75, 3.05) is 0 Å². The molecule has 8 nitrogen and oxygen atoms in total. The molecule has 128 valence electrons. The van der Waals surface area contributed by atoms with Crippen molar-refractivity contribution in [3.8, 4) is 0 Å². The van der Waals surface area contributed by atoms with Crippen LogP contribution in [0.1, 0.15) is 34.6 Å². The van der Waals surface area contributed by atoms with Crippen LogP contribution >= 0.6 is 0 Å². The van der Waals surface area contributed by atoms with E-state index in [4.69, 9.17) is 0 Å². The fourth-order valence-corrected chi connectivity index (χ4v) is 3.67. The number of benzene rings is 2. The van der Waals surface area contributed by atoms with Gasteiger partial charge >= 0.3 is 0 Å². The van der Waals surface area contributed by atoms with Gasteiger partial charge in [-0.3, -0.25) is 18.7 Å². The molecule has 0 saturated heterocycles. The predicted octanol–water partition coefficient (Wildman–Crippen LogP) is 1.74. The lowest BCUT2D eigenvalue weighted by molar-refractivity contribution is 0.100. The van der Waals surface area contributed by atoms with Crippen molar-refractivity contribution in [1.29, 1.82) is 0 Å². The Labute approximate surface area is 137 Å². The number of hydrogen-bond acceptors (Lipinski definition) is 6. The Bertz CT molecular complexity index is 1010. The molecule has 0 atom stereocenters. The van der Waals surface area contributed by atoms with Crippen LogP contribution in [0.3, 0.4) is 0 Å². The molecule has 2 N–H and O–H groups in total. The van der Waals surface area contributed by atoms with Crippen LogP contribution in [-0.2, 0) is 20.2 Å². The van der Waals surface area contributed by atoms with Crippen molar-refractivity contribution in [2.24, 2.45) is 0 Å². The Morgan fingerprint density at radius 1 is 0.708 bits per heavy atom. The van der Waals surface area contributed by atoms with Gasteiger partial charge in [-0.05, 0) is 38.1 Å². The Hall–Kier alpha value is -2.14. The third-order valence-electron chi connectivity index (χ3n) is 3.36. The molecular formula is C14H12O8S2. The number of hydrogen-bond donors (Lipinski definition) is 2. The van der Waals surface area contributed by atoms with Crippen LogP contribution in [0.4, 0.5) is 0 Å². The van der Waals surface area contributed by atoms with Crippen LogP contribution in [0.15, 0.2) is 34.1 Å². The van der Waals surface area contributed by atoms with E-state index < -0.39 is 41.6 Å². The Morgan fingerprint density at radius 2 is 1.00 bits per heavy atom. The number of carbonyl (C=O) groups is 2. The van der Waals surface area contributed by atoms with Gasteiger partial charge in [0.1, 0.15) is 9.79 Å². The van der Waals surface area contributed by atoms with E-state index in [2.05, 4.69) is 0 Å². The summed E-state index contributed by atoms with van der Waals surface area (Å²) in [7, 11) is -9.66. The van der Waals surface area contributed by atoms with Crippen LogP contribution in [0.2, 0.25) is 0 Å². The van der Waals surface area contributed by atoms with E-state index in [1.54, 1.807) is 0 Å². The first-order valence-electron chi connectivity index (χ1n) is 6.41. The highest BCUT2D eigenvalue weighted by Crippen LogP contribution is 2.32. The topological polar surface area (TPSA) is 143 Å². The van der Waals surface area contributed by atoms with Crippen LogP contribution < -0.4 is 0 Å². The van der Waals surface area contributed by atoms with Gasteiger partial charge in [-0.1, -0.05) is 0 Å². The molecule has 0 aromatic heterocycles. The summed E-state index contributed by atoms with van der Waals surface area (Å²) in [6, 6.07) is 3.88. The normalized spacial score (nSPS) is 12.3. The molecule has 0 bridgehead atoms. The minimum atomic E-state index is -4.83. The van der Waals surface area contributed by atoms with Crippen LogP contribution in [-0.4, -0.2) is 37.5 Å². The van der Waals surface area contributed by atoms with Crippen molar-refractivity contribution >= 4 is 42.6 Å². The molecule has 0 aliphatic rings. The maximum Gasteiger partial charge on any atom is 0.295 e. The van der Waals surface area contributed by atoms with E-state index in [-0.39, 0.29) is 21.9 Å². The van der Waals surface area contributed by atoms with Gasteiger partial charge in [0.25, 0.3) is 20.2 Å². The van der Waals surface area contributed by atoms with Gasteiger partial charge in [0, 0.05) is 21.9 Å². The second-order valence-electron chi connectivity index (χ2n) is 5.11. The van der Waals surface area contributed by atoms with E-state index in [9.17, 15) is 35.5 Å². The fourth-order valence-electron chi connectivity index (χ4n) is 2.23. The summed E-state index contributed by atoms with van der Waals surface area (Å²) in [6.07, 6.45) is 0. The maximum atomic E-state index is 11.6. The molecule has 2 aromatic rings. The lowest BCUT2D eigenvalue weighted by Gasteiger charge is -2.11. The molecule has 0 aliphatic heterocycles. The number of rotatable bonds is 4.